The van der Waals surface area contributed by atoms with Crippen LogP contribution < -0.4 is 10.2 Å². The monoisotopic (exact) mass is 626 g/mol. The van der Waals surface area contributed by atoms with Gasteiger partial charge in [0, 0.05) is 0 Å². The molecule has 200 valence electrons. The summed E-state index contributed by atoms with van der Waals surface area (Å²) in [6, 6.07) is 9.33. The molecule has 1 saturated heterocycles. The Morgan fingerprint density at radius 2 is 1.51 bits per heavy atom. The summed E-state index contributed by atoms with van der Waals surface area (Å²) in [6.07, 6.45) is 5.10. The predicted molar refractivity (Wildman–Crippen MR) is 156 cm³/mol. The fraction of sp³-hybridized carbons (Fsp3) is 0.387. The second kappa shape index (κ2) is 11.5. The first-order valence-electron chi connectivity index (χ1n) is 12.8. The molecule has 0 spiro atoms. The van der Waals surface area contributed by atoms with Gasteiger partial charge in [-0.25, -0.2) is 0 Å². The van der Waals surface area contributed by atoms with E-state index in [1.54, 1.807) is 0 Å². The number of nitrogens with zero attached hydrogens (tertiary/aromatic N) is 1. The van der Waals surface area contributed by atoms with Crippen molar-refractivity contribution in [3.05, 3.63) is 98.1 Å². The van der Waals surface area contributed by atoms with Crippen LogP contribution in [0, 0.1) is 41.5 Å². The van der Waals surface area contributed by atoms with E-state index in [-0.39, 0.29) is 12.1 Å². The third kappa shape index (κ3) is 5.92. The Kier molecular flexibility index (Phi) is 8.73. The maximum absolute atomic E-state index is 6.48. The van der Waals surface area contributed by atoms with Crippen molar-refractivity contribution in [2.75, 3.05) is 11.4 Å². The topological polar surface area (TPSA) is 24.5 Å². The minimum absolute atomic E-state index is 0.0295. The van der Waals surface area contributed by atoms with Crippen LogP contribution in [0.4, 0.5) is 5.69 Å². The van der Waals surface area contributed by atoms with Gasteiger partial charge in [-0.2, -0.15) is 0 Å². The Morgan fingerprint density at radius 3 is 2.05 bits per heavy atom. The Morgan fingerprint density at radius 1 is 0.946 bits per heavy atom. The first-order chi connectivity index (χ1) is 17.5. The Balaban J connectivity index is 2.01. The van der Waals surface area contributed by atoms with E-state index in [1.165, 1.54) is 44.6 Å². The number of benzene rings is 2. The summed E-state index contributed by atoms with van der Waals surface area (Å²) >= 11 is -2.04. The summed E-state index contributed by atoms with van der Waals surface area (Å²) in [7, 11) is 12.7. The molecular weight excluding hydrogens is 588 g/mol. The Hall–Kier alpha value is -1.87. The standard InChI is InChI=1S/C31H38N2O.2ClH.Ru/c1-18(2)34-30-21(5)11-10-12-26(30)31-32-17-27(28-22(6)13-19(3)14-23(28)7)33(31)29-24(8)15-20(4)16-25(29)9;;;/h5,10-11,13-16,18,27,32H,12,17H2,1-4,6-9H3;2*1H;/q;;;+2/p-2. The summed E-state index contributed by atoms with van der Waals surface area (Å²) < 4.78 is 8.47. The van der Waals surface area contributed by atoms with Crippen LogP contribution in [0.1, 0.15) is 65.3 Å². The van der Waals surface area contributed by atoms with Crippen molar-refractivity contribution >= 4 is 29.7 Å². The van der Waals surface area contributed by atoms with Gasteiger partial charge in [0.05, 0.1) is 0 Å². The first-order valence-corrected chi connectivity index (χ1v) is 18.3. The van der Waals surface area contributed by atoms with Crippen molar-refractivity contribution < 1.29 is 18.3 Å². The van der Waals surface area contributed by atoms with Gasteiger partial charge in [0.1, 0.15) is 0 Å². The van der Waals surface area contributed by atoms with Crippen LogP contribution >= 0.6 is 19.4 Å². The molecule has 1 aliphatic heterocycles. The van der Waals surface area contributed by atoms with E-state index in [9.17, 15) is 0 Å². The number of nitrogens with one attached hydrogen (secondary N) is 1. The number of rotatable bonds is 5. The molecule has 3 nitrogen and oxygen atoms in total. The zero-order valence-electron chi connectivity index (χ0n) is 23.1. The normalized spacial score (nSPS) is 20.0. The number of hydrogen-bond acceptors (Lipinski definition) is 3. The van der Waals surface area contributed by atoms with Crippen molar-refractivity contribution in [1.29, 1.82) is 0 Å². The van der Waals surface area contributed by atoms with Crippen LogP contribution in [-0.2, 0) is 18.3 Å². The molecule has 4 rings (SSSR count). The van der Waals surface area contributed by atoms with Gasteiger partial charge >= 0.3 is 237 Å². The second-order valence-corrected chi connectivity index (χ2v) is 16.2. The number of halogens is 2. The van der Waals surface area contributed by atoms with Gasteiger partial charge < -0.3 is 0 Å². The van der Waals surface area contributed by atoms with Gasteiger partial charge in [-0.05, 0) is 0 Å². The number of hydrogen-bond donors (Lipinski definition) is 1. The number of ether oxygens (including phenoxy) is 1. The van der Waals surface area contributed by atoms with E-state index in [2.05, 4.69) is 102 Å². The van der Waals surface area contributed by atoms with E-state index in [1.807, 2.05) is 4.61 Å². The molecule has 2 aromatic rings. The van der Waals surface area contributed by atoms with Gasteiger partial charge in [-0.15, -0.1) is 0 Å². The number of aryl methyl sites for hydroxylation is 6. The quantitative estimate of drug-likeness (QED) is 0.338. The van der Waals surface area contributed by atoms with Crippen LogP contribution in [0.5, 0.6) is 0 Å². The molecule has 0 bridgehead atoms. The van der Waals surface area contributed by atoms with Crippen molar-refractivity contribution in [2.24, 2.45) is 0 Å². The van der Waals surface area contributed by atoms with Crippen LogP contribution in [-0.4, -0.2) is 17.3 Å². The summed E-state index contributed by atoms with van der Waals surface area (Å²) in [5.74, 6) is 1.98. The molecule has 0 amide bonds. The van der Waals surface area contributed by atoms with E-state index in [0.29, 0.717) is 0 Å². The molecule has 1 atom stereocenters. The van der Waals surface area contributed by atoms with Crippen molar-refractivity contribution in [1.82, 2.24) is 5.32 Å². The van der Waals surface area contributed by atoms with Crippen molar-refractivity contribution in [3.8, 4) is 0 Å². The minimum atomic E-state index is -2.04. The molecular formula is C31H38Cl2N2ORu. The molecule has 37 heavy (non-hydrogen) atoms. The molecule has 1 N–H and O–H groups in total. The van der Waals surface area contributed by atoms with Crippen LogP contribution in [0.2, 0.25) is 0 Å². The Labute approximate surface area is 235 Å². The van der Waals surface area contributed by atoms with Gasteiger partial charge in [0.15, 0.2) is 0 Å². The molecule has 0 radical (unpaired) electrons. The zero-order chi connectivity index (χ0) is 27.0. The second-order valence-electron chi connectivity index (χ2n) is 10.5. The third-order valence-corrected chi connectivity index (χ3v) is 8.78. The summed E-state index contributed by atoms with van der Waals surface area (Å²) in [4.78, 5) is 2.53. The Bertz CT molecular complexity index is 1300. The SMILES string of the molecule is Cc1cc(C)c(C2CNC(=C3CC=CC([CH]=[Ru]([Cl])[Cl])=C3OC(C)C)N2c2c(C)cc(C)cc2C)c(C)c1. The molecule has 1 aliphatic carbocycles. The molecule has 2 aliphatic rings. The average molecular weight is 627 g/mol. The molecule has 6 heteroatoms. The summed E-state index contributed by atoms with van der Waals surface area (Å²) in [6.45, 7) is 18.2. The molecule has 2 aromatic carbocycles. The first kappa shape index (κ1) is 28.1. The zero-order valence-corrected chi connectivity index (χ0v) is 26.3. The number of anilines is 1. The molecule has 1 fully saturated rings. The van der Waals surface area contributed by atoms with Gasteiger partial charge in [-0.1, -0.05) is 0 Å². The molecule has 0 saturated carbocycles. The fourth-order valence-corrected chi connectivity index (χ4v) is 7.72. The van der Waals surface area contributed by atoms with Crippen LogP contribution in [0.15, 0.2) is 59.1 Å². The number of allylic oxidation sites excluding steroid dienone is 4. The van der Waals surface area contributed by atoms with Crippen molar-refractivity contribution in [3.63, 3.8) is 0 Å². The summed E-state index contributed by atoms with van der Waals surface area (Å²) in [5, 5.41) is 3.83. The maximum atomic E-state index is 6.48. The van der Waals surface area contributed by atoms with Crippen LogP contribution in [0.25, 0.3) is 0 Å². The summed E-state index contributed by atoms with van der Waals surface area (Å²) in [5.41, 5.74) is 12.5. The predicted octanol–water partition coefficient (Wildman–Crippen LogP) is 8.27. The van der Waals surface area contributed by atoms with Gasteiger partial charge in [-0.3, -0.25) is 0 Å². The molecule has 1 unspecified atom stereocenters. The van der Waals surface area contributed by atoms with Crippen molar-refractivity contribution in [2.45, 2.75) is 74.0 Å². The van der Waals surface area contributed by atoms with E-state index < -0.39 is 13.5 Å². The third-order valence-electron chi connectivity index (χ3n) is 6.95. The van der Waals surface area contributed by atoms with Crippen LogP contribution in [0.3, 0.4) is 0 Å². The average Bonchev–Trinajstić information content (AvgIpc) is 3.16. The van der Waals surface area contributed by atoms with Gasteiger partial charge in [0.2, 0.25) is 0 Å². The van der Waals surface area contributed by atoms with E-state index in [4.69, 9.17) is 24.1 Å². The molecule has 0 aromatic heterocycles. The van der Waals surface area contributed by atoms with Gasteiger partial charge in [0.25, 0.3) is 0 Å². The van der Waals surface area contributed by atoms with E-state index >= 15 is 0 Å². The fourth-order valence-electron chi connectivity index (χ4n) is 5.93. The molecule has 1 heterocycles. The van der Waals surface area contributed by atoms with E-state index in [0.717, 1.165) is 35.7 Å².